The second-order valence-corrected chi connectivity index (χ2v) is 8.90. The van der Waals surface area contributed by atoms with Crippen LogP contribution in [-0.2, 0) is 9.84 Å². The first-order chi connectivity index (χ1) is 12.5. The minimum Gasteiger partial charge on any atom is -0.489 e. The highest BCUT2D eigenvalue weighted by Gasteiger charge is 2.22. The summed E-state index contributed by atoms with van der Waals surface area (Å²) >= 11 is 0. The highest BCUT2D eigenvalue weighted by Crippen LogP contribution is 2.33. The lowest BCUT2D eigenvalue weighted by atomic mass is 9.98. The van der Waals surface area contributed by atoms with E-state index in [1.54, 1.807) is 12.1 Å². The highest BCUT2D eigenvalue weighted by atomic mass is 32.2. The van der Waals surface area contributed by atoms with Crippen molar-refractivity contribution in [2.75, 3.05) is 6.26 Å². The van der Waals surface area contributed by atoms with Crippen LogP contribution in [0.5, 0.6) is 5.75 Å². The zero-order valence-electron chi connectivity index (χ0n) is 14.7. The Hall–Kier alpha value is -2.34. The molecule has 4 rings (SSSR count). The van der Waals surface area contributed by atoms with Gasteiger partial charge in [0.1, 0.15) is 16.5 Å². The number of hydrogen-bond donors (Lipinski definition) is 1. The predicted octanol–water partition coefficient (Wildman–Crippen LogP) is 4.34. The third-order valence-electron chi connectivity index (χ3n) is 4.84. The molecular formula is C20H22N2O3S. The molecule has 1 aliphatic rings. The monoisotopic (exact) mass is 370 g/mol. The molecule has 1 saturated carbocycles. The van der Waals surface area contributed by atoms with Crippen LogP contribution in [0.15, 0.2) is 47.4 Å². The van der Waals surface area contributed by atoms with Crippen LogP contribution in [0.25, 0.3) is 22.4 Å². The van der Waals surface area contributed by atoms with Gasteiger partial charge >= 0.3 is 0 Å². The van der Waals surface area contributed by atoms with E-state index in [0.717, 1.165) is 37.1 Å². The number of H-pyrrole nitrogens is 1. The van der Waals surface area contributed by atoms with Crippen LogP contribution in [0.2, 0.25) is 0 Å². The molecule has 1 aromatic heterocycles. The summed E-state index contributed by atoms with van der Waals surface area (Å²) in [6.45, 7) is 0. The van der Waals surface area contributed by atoms with Crippen molar-refractivity contribution in [3.05, 3.63) is 42.5 Å². The second-order valence-electron chi connectivity index (χ2n) is 6.92. The Morgan fingerprint density at radius 3 is 2.50 bits per heavy atom. The molecule has 3 aromatic rings. The maximum Gasteiger partial charge on any atom is 0.179 e. The van der Waals surface area contributed by atoms with Gasteiger partial charge in [-0.2, -0.15) is 0 Å². The van der Waals surface area contributed by atoms with E-state index < -0.39 is 9.84 Å². The Balaban J connectivity index is 1.78. The van der Waals surface area contributed by atoms with Crippen molar-refractivity contribution in [3.8, 4) is 17.1 Å². The maximum absolute atomic E-state index is 12.3. The number of benzene rings is 2. The molecule has 0 atom stereocenters. The van der Waals surface area contributed by atoms with E-state index in [0.29, 0.717) is 16.8 Å². The standard InChI is InChI=1S/C20H22N2O3S/c1-26(23,24)19-13-17-16(12-18(19)25-15-10-6-3-7-11-15)21-20(22-17)14-8-4-2-5-9-14/h2,4-5,8-9,12-13,15H,3,6-7,10-11H2,1H3,(H,21,22). The van der Waals surface area contributed by atoms with Crippen LogP contribution >= 0.6 is 0 Å². The number of aromatic amines is 1. The Kier molecular flexibility index (Phi) is 4.44. The van der Waals surface area contributed by atoms with Crippen molar-refractivity contribution >= 4 is 20.9 Å². The van der Waals surface area contributed by atoms with Crippen molar-refractivity contribution in [2.24, 2.45) is 0 Å². The topological polar surface area (TPSA) is 72.0 Å². The third kappa shape index (κ3) is 3.46. The summed E-state index contributed by atoms with van der Waals surface area (Å²) in [6.07, 6.45) is 6.71. The summed E-state index contributed by atoms with van der Waals surface area (Å²) in [5.41, 5.74) is 2.36. The highest BCUT2D eigenvalue weighted by molar-refractivity contribution is 7.90. The molecule has 1 fully saturated rings. The SMILES string of the molecule is CS(=O)(=O)c1cc2[nH]c(-c3ccccc3)nc2cc1OC1CCCCC1. The van der Waals surface area contributed by atoms with E-state index >= 15 is 0 Å². The fraction of sp³-hybridized carbons (Fsp3) is 0.350. The van der Waals surface area contributed by atoms with Gasteiger partial charge in [-0.3, -0.25) is 0 Å². The number of aromatic nitrogens is 2. The quantitative estimate of drug-likeness (QED) is 0.741. The van der Waals surface area contributed by atoms with Crippen molar-refractivity contribution in [3.63, 3.8) is 0 Å². The normalized spacial score (nSPS) is 16.0. The van der Waals surface area contributed by atoms with E-state index in [4.69, 9.17) is 4.74 Å². The molecule has 6 heteroatoms. The lowest BCUT2D eigenvalue weighted by Crippen LogP contribution is -2.20. The molecule has 1 aliphatic carbocycles. The van der Waals surface area contributed by atoms with Gasteiger partial charge < -0.3 is 9.72 Å². The number of nitrogens with zero attached hydrogens (tertiary/aromatic N) is 1. The van der Waals surface area contributed by atoms with E-state index in [1.807, 2.05) is 30.3 Å². The van der Waals surface area contributed by atoms with Gasteiger partial charge in [-0.1, -0.05) is 36.8 Å². The Morgan fingerprint density at radius 1 is 1.08 bits per heavy atom. The molecule has 136 valence electrons. The summed E-state index contributed by atoms with van der Waals surface area (Å²) in [5.74, 6) is 1.13. The Labute approximate surface area is 153 Å². The predicted molar refractivity (Wildman–Crippen MR) is 102 cm³/mol. The number of nitrogens with one attached hydrogen (secondary N) is 1. The Morgan fingerprint density at radius 2 is 1.81 bits per heavy atom. The first-order valence-corrected chi connectivity index (χ1v) is 10.9. The number of sulfone groups is 1. The lowest BCUT2D eigenvalue weighted by molar-refractivity contribution is 0.151. The van der Waals surface area contributed by atoms with Crippen LogP contribution in [0.4, 0.5) is 0 Å². The van der Waals surface area contributed by atoms with E-state index in [1.165, 1.54) is 12.7 Å². The molecule has 0 saturated heterocycles. The van der Waals surface area contributed by atoms with E-state index in [9.17, 15) is 8.42 Å². The maximum atomic E-state index is 12.3. The fourth-order valence-electron chi connectivity index (χ4n) is 3.49. The Bertz CT molecular complexity index is 1020. The third-order valence-corrected chi connectivity index (χ3v) is 5.96. The zero-order chi connectivity index (χ0) is 18.1. The molecule has 0 amide bonds. The summed E-state index contributed by atoms with van der Waals surface area (Å²) in [6, 6.07) is 13.2. The molecule has 0 unspecified atom stereocenters. The van der Waals surface area contributed by atoms with Gasteiger partial charge in [-0.15, -0.1) is 0 Å². The van der Waals surface area contributed by atoms with Crippen molar-refractivity contribution in [1.82, 2.24) is 9.97 Å². The number of hydrogen-bond acceptors (Lipinski definition) is 4. The molecule has 0 bridgehead atoms. The molecule has 26 heavy (non-hydrogen) atoms. The van der Waals surface area contributed by atoms with Gasteiger partial charge in [0.15, 0.2) is 9.84 Å². The van der Waals surface area contributed by atoms with Gasteiger partial charge in [0.2, 0.25) is 0 Å². The van der Waals surface area contributed by atoms with Crippen LogP contribution in [0.1, 0.15) is 32.1 Å². The minimum absolute atomic E-state index is 0.0780. The summed E-state index contributed by atoms with van der Waals surface area (Å²) in [7, 11) is -3.40. The average Bonchev–Trinajstić information content (AvgIpc) is 3.05. The first-order valence-electron chi connectivity index (χ1n) is 8.96. The van der Waals surface area contributed by atoms with Gasteiger partial charge in [-0.25, -0.2) is 13.4 Å². The number of ether oxygens (including phenoxy) is 1. The number of rotatable bonds is 4. The lowest BCUT2D eigenvalue weighted by Gasteiger charge is -2.24. The summed E-state index contributed by atoms with van der Waals surface area (Å²) in [5, 5.41) is 0. The summed E-state index contributed by atoms with van der Waals surface area (Å²) in [4.78, 5) is 8.07. The van der Waals surface area contributed by atoms with E-state index in [2.05, 4.69) is 9.97 Å². The number of fused-ring (bicyclic) bond motifs is 1. The molecule has 0 aliphatic heterocycles. The van der Waals surface area contributed by atoms with Crippen LogP contribution < -0.4 is 4.74 Å². The largest absolute Gasteiger partial charge is 0.489 e. The molecule has 0 radical (unpaired) electrons. The molecule has 5 nitrogen and oxygen atoms in total. The van der Waals surface area contributed by atoms with Crippen LogP contribution in [-0.4, -0.2) is 30.7 Å². The van der Waals surface area contributed by atoms with Gasteiger partial charge in [-0.05, 0) is 31.7 Å². The molecule has 2 aromatic carbocycles. The average molecular weight is 370 g/mol. The fourth-order valence-corrected chi connectivity index (χ4v) is 4.30. The van der Waals surface area contributed by atoms with Crippen LogP contribution in [0.3, 0.4) is 0 Å². The van der Waals surface area contributed by atoms with Gasteiger partial charge in [0.25, 0.3) is 0 Å². The zero-order valence-corrected chi connectivity index (χ0v) is 15.6. The first kappa shape index (κ1) is 17.1. The number of imidazole rings is 1. The molecular weight excluding hydrogens is 348 g/mol. The van der Waals surface area contributed by atoms with Crippen LogP contribution in [0, 0.1) is 0 Å². The molecule has 1 N–H and O–H groups in total. The molecule has 1 heterocycles. The van der Waals surface area contributed by atoms with E-state index in [-0.39, 0.29) is 11.0 Å². The summed E-state index contributed by atoms with van der Waals surface area (Å²) < 4.78 is 30.7. The van der Waals surface area contributed by atoms with Gasteiger partial charge in [0, 0.05) is 17.9 Å². The van der Waals surface area contributed by atoms with Crippen molar-refractivity contribution < 1.29 is 13.2 Å². The van der Waals surface area contributed by atoms with Crippen molar-refractivity contribution in [2.45, 2.75) is 43.1 Å². The van der Waals surface area contributed by atoms with Crippen molar-refractivity contribution in [1.29, 1.82) is 0 Å². The molecule has 0 spiro atoms. The second kappa shape index (κ2) is 6.76. The van der Waals surface area contributed by atoms with Gasteiger partial charge in [0.05, 0.1) is 17.1 Å². The smallest absolute Gasteiger partial charge is 0.179 e. The minimum atomic E-state index is -3.40.